The maximum atomic E-state index is 14.6. The van der Waals surface area contributed by atoms with Crippen molar-refractivity contribution in [3.8, 4) is 0 Å². The number of nitrogens with two attached hydrogens (primary N) is 3. The van der Waals surface area contributed by atoms with Gasteiger partial charge in [0, 0.05) is 78.1 Å². The van der Waals surface area contributed by atoms with E-state index in [1.54, 1.807) is 74.8 Å². The molecule has 101 heavy (non-hydrogen) atoms. The molecule has 20 N–H and O–H groups in total. The molecule has 0 spiro atoms. The summed E-state index contributed by atoms with van der Waals surface area (Å²) in [4.78, 5) is 190. The minimum atomic E-state index is -1.64. The smallest absolute Gasteiger partial charge is 0.327 e. The number of carboxylic acids is 2. The lowest BCUT2D eigenvalue weighted by Crippen LogP contribution is -2.60. The molecule has 32 nitrogen and oxygen atoms in total. The first kappa shape index (κ1) is 82.2. The molecule has 2 aromatic heterocycles. The predicted molar refractivity (Wildman–Crippen MR) is 383 cm³/mol. The van der Waals surface area contributed by atoms with Crippen molar-refractivity contribution in [1.29, 1.82) is 0 Å². The zero-order chi connectivity index (χ0) is 74.8. The second-order valence-electron chi connectivity index (χ2n) is 26.4. The molecule has 1 aliphatic rings. The van der Waals surface area contributed by atoms with Crippen molar-refractivity contribution in [1.82, 2.24) is 68.0 Å². The Kier molecular flexibility index (Phi) is 32.7. The van der Waals surface area contributed by atoms with Crippen LogP contribution in [-0.2, 0) is 75.2 Å². The Hall–Kier alpha value is -9.44. The van der Waals surface area contributed by atoms with Gasteiger partial charge in [-0.15, -0.1) is 0 Å². The van der Waals surface area contributed by atoms with Crippen molar-refractivity contribution < 1.29 is 72.5 Å². The van der Waals surface area contributed by atoms with E-state index in [2.05, 4.69) is 93.4 Å². The minimum absolute atomic E-state index is 0.00755. The molecule has 2 aromatic carbocycles. The third-order valence-corrected chi connectivity index (χ3v) is 17.4. The summed E-state index contributed by atoms with van der Waals surface area (Å²) in [6.07, 6.45) is 2.58. The molecule has 5 rings (SSSR count). The van der Waals surface area contributed by atoms with Crippen LogP contribution >= 0.6 is 25.3 Å². The molecule has 0 radical (unpaired) electrons. The van der Waals surface area contributed by atoms with Crippen LogP contribution in [0.5, 0.6) is 0 Å². The second kappa shape index (κ2) is 40.1. The molecule has 0 aliphatic carbocycles. The fourth-order valence-electron chi connectivity index (χ4n) is 11.5. The summed E-state index contributed by atoms with van der Waals surface area (Å²) < 4.78 is 0. The van der Waals surface area contributed by atoms with Gasteiger partial charge in [-0.2, -0.15) is 25.3 Å². The van der Waals surface area contributed by atoms with Gasteiger partial charge in [0.25, 0.3) is 0 Å². The lowest BCUT2D eigenvalue weighted by atomic mass is 9.99. The van der Waals surface area contributed by atoms with Gasteiger partial charge >= 0.3 is 11.9 Å². The number of fused-ring (bicyclic) bond motifs is 2. The number of benzene rings is 2. The fourth-order valence-corrected chi connectivity index (χ4v) is 11.9. The highest BCUT2D eigenvalue weighted by Gasteiger charge is 2.40. The molecule has 0 saturated carbocycles. The highest BCUT2D eigenvalue weighted by molar-refractivity contribution is 7.80. The third-order valence-electron chi connectivity index (χ3n) is 16.7. The average molecular weight is 1450 g/mol. The topological polar surface area (TPSA) is 508 Å². The SMILES string of the molecule is CC(C)C[C@H](NC(=O)[C@H](Cc1c[nH]c2ccccc12)NC(=O)CNC(=O)[C@H](Cc1c[nH]c2ccccc12)NC(=O)[C@H](CCC(=O)O)NC(=O)[C@@H]1CCCN1C(=O)[C@H](C)NC(=O)[C@H](CCCN=C(N)N)NC(=O)[C@H](CC(C)C)NC(=O)[C@H](CC(C)C)NC(=O)[C@@H](N)CS)C(=O)N[C@@H](CS)C(=O)O. The van der Waals surface area contributed by atoms with Crippen molar-refractivity contribution in [2.75, 3.05) is 31.1 Å². The Balaban J connectivity index is 1.35. The average Bonchev–Trinajstić information content (AvgIpc) is 1.73. The number of aromatic nitrogens is 2. The lowest BCUT2D eigenvalue weighted by molar-refractivity contribution is -0.142. The Labute approximate surface area is 596 Å². The van der Waals surface area contributed by atoms with E-state index in [4.69, 9.17) is 17.2 Å². The van der Waals surface area contributed by atoms with Crippen molar-refractivity contribution in [2.24, 2.45) is 39.9 Å². The van der Waals surface area contributed by atoms with E-state index in [1.807, 2.05) is 27.7 Å². The standard InChI is InChI=1S/C67H99N17O15S2/c1-34(2)24-47(79-56(88)42(68)32-100)61(93)80-48(25-35(3)4)60(92)77-45(18-12-22-71-67(69)70)58(90)75-37(7)65(97)84-23-13-19-53(84)64(96)78-46(20-21-55(86)87)59(91)82-50(27-38-29-72-43-16-10-8-14-40(38)43)57(89)74-31-54(85)76-51(28-39-30-73-44-17-11-9-15-41(39)44)63(95)81-49(26-36(5)6)62(94)83-52(33-101)66(98)99/h8-11,14-17,29-30,34-37,42,45-53,72-73,100-101H,12-13,18-28,31-33,68H2,1-7H3,(H,74,89)(H,75,90)(H,76,85)(H,77,92)(H,78,96)(H,79,88)(H,80,93)(H,81,95)(H,82,91)(H,83,94)(H,86,87)(H,98,99)(H4,69,70,71)/t37-,42-,45-,46-,47-,48-,49-,50-,51-,52-,53-/m0/s1. The van der Waals surface area contributed by atoms with Gasteiger partial charge < -0.3 is 95.4 Å². The normalized spacial score (nSPS) is 15.9. The summed E-state index contributed by atoms with van der Waals surface area (Å²) in [5.41, 5.74) is 19.5. The van der Waals surface area contributed by atoms with Crippen molar-refractivity contribution in [2.45, 2.75) is 186 Å². The van der Waals surface area contributed by atoms with Crippen molar-refractivity contribution >= 4 is 130 Å². The number of H-pyrrole nitrogens is 2. The van der Waals surface area contributed by atoms with Crippen LogP contribution in [0.4, 0.5) is 0 Å². The van der Waals surface area contributed by atoms with E-state index in [0.717, 1.165) is 10.9 Å². The summed E-state index contributed by atoms with van der Waals surface area (Å²) in [7, 11) is 0. The Bertz CT molecular complexity index is 3600. The van der Waals surface area contributed by atoms with Gasteiger partial charge in [-0.1, -0.05) is 77.9 Å². The molecule has 554 valence electrons. The molecule has 0 unspecified atom stereocenters. The van der Waals surface area contributed by atoms with Gasteiger partial charge in [0.05, 0.1) is 12.6 Å². The highest BCUT2D eigenvalue weighted by atomic mass is 32.1. The first-order valence-corrected chi connectivity index (χ1v) is 34.9. The van der Waals surface area contributed by atoms with E-state index in [1.165, 1.54) is 11.8 Å². The zero-order valence-electron chi connectivity index (χ0n) is 57.9. The Morgan fingerprint density at radius 1 is 0.554 bits per heavy atom. The lowest BCUT2D eigenvalue weighted by Gasteiger charge is -2.30. The van der Waals surface area contributed by atoms with Crippen LogP contribution in [0.25, 0.3) is 21.8 Å². The summed E-state index contributed by atoms with van der Waals surface area (Å²) in [5.74, 6) is -12.5. The quantitative estimate of drug-likeness (QED) is 0.0113. The molecule has 1 aliphatic heterocycles. The molecule has 3 heterocycles. The molecule has 4 aromatic rings. The third kappa shape index (κ3) is 25.9. The minimum Gasteiger partial charge on any atom is -0.481 e. The van der Waals surface area contributed by atoms with E-state index in [0.29, 0.717) is 22.0 Å². The predicted octanol–water partition coefficient (Wildman–Crippen LogP) is -0.747. The van der Waals surface area contributed by atoms with Crippen molar-refractivity contribution in [3.63, 3.8) is 0 Å². The van der Waals surface area contributed by atoms with Crippen LogP contribution in [0.1, 0.15) is 117 Å². The number of aliphatic carboxylic acids is 2. The Morgan fingerprint density at radius 3 is 1.49 bits per heavy atom. The van der Waals surface area contributed by atoms with Gasteiger partial charge in [0.2, 0.25) is 65.0 Å². The number of hydrogen-bond donors (Lipinski definition) is 19. The summed E-state index contributed by atoms with van der Waals surface area (Å²) >= 11 is 8.12. The molecule has 1 fully saturated rings. The Morgan fingerprint density at radius 2 is 1.00 bits per heavy atom. The van der Waals surface area contributed by atoms with E-state index >= 15 is 0 Å². The van der Waals surface area contributed by atoms with Gasteiger partial charge in [0.15, 0.2) is 5.96 Å². The largest absolute Gasteiger partial charge is 0.481 e. The van der Waals surface area contributed by atoms with Crippen LogP contribution in [0.15, 0.2) is 65.9 Å². The van der Waals surface area contributed by atoms with Gasteiger partial charge in [0.1, 0.15) is 60.4 Å². The first-order valence-electron chi connectivity index (χ1n) is 33.7. The maximum absolute atomic E-state index is 14.6. The van der Waals surface area contributed by atoms with Gasteiger partial charge in [-0.05, 0) is 99.3 Å². The number of nitrogens with zero attached hydrogens (tertiary/aromatic N) is 2. The number of para-hydroxylation sites is 2. The van der Waals surface area contributed by atoms with Crippen LogP contribution < -0.4 is 70.4 Å². The van der Waals surface area contributed by atoms with E-state index in [-0.39, 0.29) is 106 Å². The molecular formula is C67H99N17O15S2. The van der Waals surface area contributed by atoms with Crippen LogP contribution in [0.3, 0.4) is 0 Å². The first-order chi connectivity index (χ1) is 47.8. The number of guanidine groups is 1. The fraction of sp³-hybridized carbons (Fsp3) is 0.552. The summed E-state index contributed by atoms with van der Waals surface area (Å²) in [6.45, 7) is 11.5. The van der Waals surface area contributed by atoms with Crippen LogP contribution in [0, 0.1) is 17.8 Å². The van der Waals surface area contributed by atoms with E-state index < -0.39 is 163 Å². The molecule has 11 amide bonds. The number of nitrogens with one attached hydrogen (secondary N) is 12. The van der Waals surface area contributed by atoms with Gasteiger partial charge in [-0.25, -0.2) is 4.79 Å². The molecule has 1 saturated heterocycles. The second-order valence-corrected chi connectivity index (χ2v) is 27.1. The van der Waals surface area contributed by atoms with Crippen LogP contribution in [-0.4, -0.2) is 206 Å². The molecular weight excluding hydrogens is 1350 g/mol. The highest BCUT2D eigenvalue weighted by Crippen LogP contribution is 2.23. The number of hydrogen-bond acceptors (Lipinski definition) is 17. The number of likely N-dealkylation sites (tertiary alicyclic amines) is 1. The summed E-state index contributed by atoms with van der Waals surface area (Å²) in [6, 6.07) is -0.188. The number of thiol groups is 2. The summed E-state index contributed by atoms with van der Waals surface area (Å²) in [5, 5.41) is 47.1. The maximum Gasteiger partial charge on any atom is 0.327 e. The molecule has 11 atom stereocenters. The number of carbonyl (C=O) groups excluding carboxylic acids is 11. The number of aliphatic imine (C=N–C) groups is 1. The number of rotatable bonds is 41. The number of carboxylic acid groups (broad SMARTS) is 2. The van der Waals surface area contributed by atoms with Crippen molar-refractivity contribution in [3.05, 3.63) is 72.1 Å². The monoisotopic (exact) mass is 1450 g/mol. The molecule has 0 bridgehead atoms. The van der Waals surface area contributed by atoms with Gasteiger partial charge in [-0.3, -0.25) is 62.5 Å². The van der Waals surface area contributed by atoms with E-state index in [9.17, 15) is 72.5 Å². The number of amides is 11. The molecule has 34 heteroatoms. The zero-order valence-corrected chi connectivity index (χ0v) is 59.7. The van der Waals surface area contributed by atoms with Crippen LogP contribution in [0.2, 0.25) is 0 Å². The number of aromatic amines is 2. The number of carbonyl (C=O) groups is 13.